The molecule has 0 unspecified atom stereocenters. The normalized spacial score (nSPS) is 10.9. The third-order valence-electron chi connectivity index (χ3n) is 4.71. The zero-order chi connectivity index (χ0) is 21.1. The highest BCUT2D eigenvalue weighted by molar-refractivity contribution is 6.30. The topological polar surface area (TPSA) is 38.1 Å². The van der Waals surface area contributed by atoms with E-state index in [1.54, 1.807) is 24.0 Å². The van der Waals surface area contributed by atoms with Crippen LogP contribution in [0.2, 0.25) is 5.02 Å². The summed E-state index contributed by atoms with van der Waals surface area (Å²) in [6.45, 7) is 3.90. The molecule has 0 saturated carbocycles. The van der Waals surface area contributed by atoms with Crippen molar-refractivity contribution in [3.63, 3.8) is 0 Å². The van der Waals surface area contributed by atoms with Crippen LogP contribution in [-0.4, -0.2) is 23.9 Å². The van der Waals surface area contributed by atoms with Gasteiger partial charge in [0.25, 0.3) is 5.56 Å². The summed E-state index contributed by atoms with van der Waals surface area (Å²) < 4.78 is 15.2. The van der Waals surface area contributed by atoms with Gasteiger partial charge < -0.3 is 4.90 Å². The highest BCUT2D eigenvalue weighted by Gasteiger charge is 2.17. The lowest BCUT2D eigenvalue weighted by Gasteiger charge is -2.19. The van der Waals surface area contributed by atoms with Crippen molar-refractivity contribution in [3.05, 3.63) is 86.4 Å². The minimum Gasteiger partial charge on any atom is -0.373 e. The van der Waals surface area contributed by atoms with E-state index >= 15 is 0 Å². The maximum atomic E-state index is 13.7. The fourth-order valence-electron chi connectivity index (χ4n) is 3.22. The van der Waals surface area contributed by atoms with Gasteiger partial charge >= 0.3 is 0 Å². The predicted octanol–water partition coefficient (Wildman–Crippen LogP) is 5.52. The molecule has 0 saturated heterocycles. The van der Waals surface area contributed by atoms with Crippen molar-refractivity contribution >= 4 is 35.8 Å². The Kier molecular flexibility index (Phi) is 7.82. The molecule has 158 valence electrons. The van der Waals surface area contributed by atoms with Crippen LogP contribution in [0, 0.1) is 19.7 Å². The Balaban J connectivity index is 0.00000320. The molecular weight excluding hydrogens is 424 g/mol. The third-order valence-corrected chi connectivity index (χ3v) is 4.96. The Morgan fingerprint density at radius 3 is 2.40 bits per heavy atom. The van der Waals surface area contributed by atoms with Gasteiger partial charge in [0.2, 0.25) is 0 Å². The first-order valence-electron chi connectivity index (χ1n) is 9.25. The lowest BCUT2D eigenvalue weighted by Crippen LogP contribution is -2.30. The van der Waals surface area contributed by atoms with E-state index in [0.717, 1.165) is 16.7 Å². The first kappa shape index (κ1) is 23.6. The maximum Gasteiger partial charge on any atom is 0.290 e. The monoisotopic (exact) mass is 447 g/mol. The van der Waals surface area contributed by atoms with Gasteiger partial charge in [-0.2, -0.15) is 5.10 Å². The van der Waals surface area contributed by atoms with Crippen LogP contribution in [0.15, 0.2) is 53.3 Å². The number of hydrogen-bond acceptors (Lipinski definition) is 3. The fraction of sp³-hybridized carbons (Fsp3) is 0.217. The number of aryl methyl sites for hydroxylation is 1. The number of halogens is 3. The molecule has 3 rings (SSSR count). The molecule has 0 aliphatic rings. The van der Waals surface area contributed by atoms with Gasteiger partial charge in [0.05, 0.1) is 12.2 Å². The van der Waals surface area contributed by atoms with Gasteiger partial charge in [-0.25, -0.2) is 9.07 Å². The Hall–Kier alpha value is -2.63. The van der Waals surface area contributed by atoms with Gasteiger partial charge in [-0.1, -0.05) is 35.9 Å². The molecule has 0 aliphatic heterocycles. The number of rotatable bonds is 5. The second-order valence-electron chi connectivity index (χ2n) is 7.12. The molecule has 0 N–H and O–H groups in total. The number of benzene rings is 2. The molecule has 3 aromatic rings. The van der Waals surface area contributed by atoms with Crippen molar-refractivity contribution in [1.29, 1.82) is 0 Å². The molecule has 30 heavy (non-hydrogen) atoms. The van der Waals surface area contributed by atoms with Crippen molar-refractivity contribution in [2.24, 2.45) is 0 Å². The summed E-state index contributed by atoms with van der Waals surface area (Å²) >= 11 is 5.91. The third kappa shape index (κ3) is 5.10. The lowest BCUT2D eigenvalue weighted by molar-refractivity contribution is 0.618. The molecule has 0 aliphatic carbocycles. The van der Waals surface area contributed by atoms with Gasteiger partial charge in [-0.15, -0.1) is 12.4 Å². The van der Waals surface area contributed by atoms with Crippen LogP contribution in [-0.2, 0) is 6.54 Å². The van der Waals surface area contributed by atoms with E-state index in [1.807, 2.05) is 57.4 Å². The Morgan fingerprint density at radius 1 is 1.13 bits per heavy atom. The Morgan fingerprint density at radius 2 is 1.80 bits per heavy atom. The summed E-state index contributed by atoms with van der Waals surface area (Å²) in [7, 11) is 3.66. The second-order valence-corrected chi connectivity index (χ2v) is 7.56. The number of hydrogen-bond donors (Lipinski definition) is 0. The minimum absolute atomic E-state index is 0. The summed E-state index contributed by atoms with van der Waals surface area (Å²) in [5.41, 5.74) is 4.13. The van der Waals surface area contributed by atoms with E-state index < -0.39 is 0 Å². The second kappa shape index (κ2) is 9.92. The largest absolute Gasteiger partial charge is 0.373 e. The number of allylic oxidation sites excluding steroid dienone is 1. The Bertz CT molecular complexity index is 1120. The van der Waals surface area contributed by atoms with E-state index in [4.69, 9.17) is 11.6 Å². The average molecular weight is 448 g/mol. The highest BCUT2D eigenvalue weighted by Crippen LogP contribution is 2.26. The molecule has 0 radical (unpaired) electrons. The van der Waals surface area contributed by atoms with Gasteiger partial charge in [-0.3, -0.25) is 4.79 Å². The van der Waals surface area contributed by atoms with Crippen LogP contribution in [0.5, 0.6) is 0 Å². The van der Waals surface area contributed by atoms with Crippen LogP contribution in [0.25, 0.3) is 17.3 Å². The number of anilines is 1. The number of aromatic nitrogens is 2. The van der Waals surface area contributed by atoms with Crippen LogP contribution in [0.1, 0.15) is 16.7 Å². The van der Waals surface area contributed by atoms with Crippen molar-refractivity contribution in [2.45, 2.75) is 20.4 Å². The van der Waals surface area contributed by atoms with Crippen LogP contribution in [0.3, 0.4) is 0 Å². The minimum atomic E-state index is -0.265. The van der Waals surface area contributed by atoms with Gasteiger partial charge in [0.15, 0.2) is 0 Å². The first-order valence-corrected chi connectivity index (χ1v) is 9.63. The van der Waals surface area contributed by atoms with E-state index in [1.165, 1.54) is 10.7 Å². The molecule has 2 aromatic carbocycles. The molecule has 0 fully saturated rings. The lowest BCUT2D eigenvalue weighted by atomic mass is 10.0. The summed E-state index contributed by atoms with van der Waals surface area (Å²) in [5, 5.41) is 5.26. The van der Waals surface area contributed by atoms with Gasteiger partial charge in [0, 0.05) is 30.2 Å². The van der Waals surface area contributed by atoms with E-state index in [-0.39, 0.29) is 23.8 Å². The van der Waals surface area contributed by atoms with Gasteiger partial charge in [-0.05, 0) is 55.3 Å². The maximum absolute atomic E-state index is 13.7. The van der Waals surface area contributed by atoms with Crippen molar-refractivity contribution < 1.29 is 4.39 Å². The SMILES string of the molecule is Cc1cc(-c2nn(CC=Cc3ccc(Cl)cc3)c(=O)c(N(C)C)c2C)ccc1F.Cl. The first-order chi connectivity index (χ1) is 13.8. The zero-order valence-electron chi connectivity index (χ0n) is 17.3. The molecule has 0 spiro atoms. The average Bonchev–Trinajstić information content (AvgIpc) is 2.67. The van der Waals surface area contributed by atoms with Crippen LogP contribution < -0.4 is 10.5 Å². The van der Waals surface area contributed by atoms with Crippen molar-refractivity contribution in [1.82, 2.24) is 9.78 Å². The standard InChI is InChI=1S/C23H23ClFN3O.ClH/c1-15-14-18(9-12-20(15)25)21-16(2)22(27(3)4)23(29)28(26-21)13-5-6-17-7-10-19(24)11-8-17;/h5-12,14H,13H2,1-4H3;1H. The van der Waals surface area contributed by atoms with Crippen LogP contribution in [0.4, 0.5) is 10.1 Å². The molecule has 0 bridgehead atoms. The molecule has 1 aromatic heterocycles. The fourth-order valence-corrected chi connectivity index (χ4v) is 3.34. The molecule has 0 amide bonds. The highest BCUT2D eigenvalue weighted by atomic mass is 35.5. The van der Waals surface area contributed by atoms with E-state index in [9.17, 15) is 9.18 Å². The molecule has 7 heteroatoms. The summed E-state index contributed by atoms with van der Waals surface area (Å²) in [6.07, 6.45) is 3.80. The Labute approximate surface area is 187 Å². The summed E-state index contributed by atoms with van der Waals surface area (Å²) in [5.74, 6) is -0.265. The predicted molar refractivity (Wildman–Crippen MR) is 125 cm³/mol. The summed E-state index contributed by atoms with van der Waals surface area (Å²) in [6, 6.07) is 12.3. The van der Waals surface area contributed by atoms with Gasteiger partial charge in [0.1, 0.15) is 11.5 Å². The van der Waals surface area contributed by atoms with E-state index in [2.05, 4.69) is 5.10 Å². The van der Waals surface area contributed by atoms with Crippen LogP contribution >= 0.6 is 24.0 Å². The quantitative estimate of drug-likeness (QED) is 0.516. The molecule has 0 atom stereocenters. The van der Waals surface area contributed by atoms with Crippen molar-refractivity contribution in [2.75, 3.05) is 19.0 Å². The number of nitrogens with zero attached hydrogens (tertiary/aromatic N) is 3. The molecular formula is C23H24Cl2FN3O. The molecule has 1 heterocycles. The van der Waals surface area contributed by atoms with Crippen molar-refractivity contribution in [3.8, 4) is 11.3 Å². The zero-order valence-corrected chi connectivity index (χ0v) is 18.9. The summed E-state index contributed by atoms with van der Waals surface area (Å²) in [4.78, 5) is 14.8. The molecule has 4 nitrogen and oxygen atoms in total. The smallest absolute Gasteiger partial charge is 0.290 e. The van der Waals surface area contributed by atoms with E-state index in [0.29, 0.717) is 28.5 Å².